The Bertz CT molecular complexity index is 514. The SMILES string of the molecule is CSc1nc(-c2ccccc2O)ccc1N. The molecule has 0 spiro atoms. The van der Waals surface area contributed by atoms with Crippen molar-refractivity contribution in [2.24, 2.45) is 0 Å². The highest BCUT2D eigenvalue weighted by Crippen LogP contribution is 2.30. The molecule has 0 unspecified atom stereocenters. The molecular weight excluding hydrogens is 220 g/mol. The number of phenols is 1. The molecule has 0 bridgehead atoms. The van der Waals surface area contributed by atoms with Crippen LogP contribution in [0.15, 0.2) is 41.4 Å². The lowest BCUT2D eigenvalue weighted by Gasteiger charge is -2.06. The highest BCUT2D eigenvalue weighted by atomic mass is 32.2. The van der Waals surface area contributed by atoms with Gasteiger partial charge in [0, 0.05) is 5.56 Å². The largest absolute Gasteiger partial charge is 0.507 e. The Balaban J connectivity index is 2.53. The van der Waals surface area contributed by atoms with Crippen LogP contribution < -0.4 is 5.73 Å². The summed E-state index contributed by atoms with van der Waals surface area (Å²) in [5, 5.41) is 10.5. The van der Waals surface area contributed by atoms with Gasteiger partial charge in [0.1, 0.15) is 10.8 Å². The van der Waals surface area contributed by atoms with E-state index in [-0.39, 0.29) is 5.75 Å². The van der Waals surface area contributed by atoms with E-state index in [1.165, 1.54) is 11.8 Å². The van der Waals surface area contributed by atoms with Crippen molar-refractivity contribution in [2.45, 2.75) is 5.03 Å². The molecule has 3 nitrogen and oxygen atoms in total. The van der Waals surface area contributed by atoms with Gasteiger partial charge in [-0.3, -0.25) is 0 Å². The molecule has 82 valence electrons. The van der Waals surface area contributed by atoms with Crippen molar-refractivity contribution in [2.75, 3.05) is 12.0 Å². The average molecular weight is 232 g/mol. The van der Waals surface area contributed by atoms with Gasteiger partial charge in [0.2, 0.25) is 0 Å². The molecule has 1 aromatic heterocycles. The van der Waals surface area contributed by atoms with E-state index in [1.54, 1.807) is 18.2 Å². The number of para-hydroxylation sites is 1. The Labute approximate surface area is 98.3 Å². The number of hydrogen-bond donors (Lipinski definition) is 2. The van der Waals surface area contributed by atoms with Crippen LogP contribution in [0.1, 0.15) is 0 Å². The number of aromatic hydroxyl groups is 1. The van der Waals surface area contributed by atoms with Gasteiger partial charge in [-0.2, -0.15) is 0 Å². The van der Waals surface area contributed by atoms with E-state index in [4.69, 9.17) is 5.73 Å². The van der Waals surface area contributed by atoms with Crippen LogP contribution in [-0.4, -0.2) is 16.3 Å². The van der Waals surface area contributed by atoms with E-state index in [2.05, 4.69) is 4.98 Å². The zero-order valence-corrected chi connectivity index (χ0v) is 9.66. The molecule has 0 amide bonds. The number of hydrogen-bond acceptors (Lipinski definition) is 4. The molecule has 0 aliphatic rings. The zero-order valence-electron chi connectivity index (χ0n) is 8.84. The number of rotatable bonds is 2. The van der Waals surface area contributed by atoms with Crippen LogP contribution >= 0.6 is 11.8 Å². The number of aromatic nitrogens is 1. The minimum atomic E-state index is 0.229. The van der Waals surface area contributed by atoms with Crippen molar-refractivity contribution in [3.8, 4) is 17.0 Å². The maximum absolute atomic E-state index is 9.72. The molecule has 0 fully saturated rings. The van der Waals surface area contributed by atoms with E-state index >= 15 is 0 Å². The Hall–Kier alpha value is -1.68. The van der Waals surface area contributed by atoms with E-state index < -0.39 is 0 Å². The third-order valence-corrected chi connectivity index (χ3v) is 2.98. The number of nitrogen functional groups attached to an aromatic ring is 1. The summed E-state index contributed by atoms with van der Waals surface area (Å²) in [6.45, 7) is 0. The number of pyridine rings is 1. The third kappa shape index (κ3) is 1.97. The second kappa shape index (κ2) is 4.45. The maximum Gasteiger partial charge on any atom is 0.124 e. The Morgan fingerprint density at radius 3 is 2.62 bits per heavy atom. The molecule has 2 rings (SSSR count). The summed E-state index contributed by atoms with van der Waals surface area (Å²) in [6.07, 6.45) is 1.92. The number of thioether (sulfide) groups is 1. The normalized spacial score (nSPS) is 10.3. The van der Waals surface area contributed by atoms with Crippen LogP contribution in [0.3, 0.4) is 0 Å². The number of benzene rings is 1. The van der Waals surface area contributed by atoms with E-state index in [9.17, 15) is 5.11 Å². The highest BCUT2D eigenvalue weighted by molar-refractivity contribution is 7.98. The molecule has 4 heteroatoms. The maximum atomic E-state index is 9.72. The van der Waals surface area contributed by atoms with Gasteiger partial charge in [0.15, 0.2) is 0 Å². The molecule has 2 aromatic rings. The average Bonchev–Trinajstić information content (AvgIpc) is 2.31. The monoisotopic (exact) mass is 232 g/mol. The molecule has 0 saturated heterocycles. The number of phenolic OH excluding ortho intramolecular Hbond substituents is 1. The van der Waals surface area contributed by atoms with Gasteiger partial charge >= 0.3 is 0 Å². The summed E-state index contributed by atoms with van der Waals surface area (Å²) in [5.74, 6) is 0.229. The summed E-state index contributed by atoms with van der Waals surface area (Å²) >= 11 is 1.49. The Morgan fingerprint density at radius 1 is 1.19 bits per heavy atom. The fraction of sp³-hybridized carbons (Fsp3) is 0.0833. The third-order valence-electron chi connectivity index (χ3n) is 2.26. The lowest BCUT2D eigenvalue weighted by molar-refractivity contribution is 0.477. The van der Waals surface area contributed by atoms with Crippen molar-refractivity contribution in [3.63, 3.8) is 0 Å². The van der Waals surface area contributed by atoms with Gasteiger partial charge in [-0.1, -0.05) is 12.1 Å². The molecule has 0 radical (unpaired) electrons. The molecule has 0 aliphatic heterocycles. The predicted octanol–water partition coefficient (Wildman–Crippen LogP) is 2.76. The van der Waals surface area contributed by atoms with Crippen LogP contribution in [0, 0.1) is 0 Å². The van der Waals surface area contributed by atoms with E-state index in [0.29, 0.717) is 5.69 Å². The van der Waals surface area contributed by atoms with Crippen molar-refractivity contribution in [1.29, 1.82) is 0 Å². The summed E-state index contributed by atoms with van der Waals surface area (Å²) in [7, 11) is 0. The quantitative estimate of drug-likeness (QED) is 0.782. The zero-order chi connectivity index (χ0) is 11.5. The fourth-order valence-corrected chi connectivity index (χ4v) is 1.95. The van der Waals surface area contributed by atoms with Gasteiger partial charge in [-0.25, -0.2) is 4.98 Å². The predicted molar refractivity (Wildman–Crippen MR) is 67.5 cm³/mol. The summed E-state index contributed by atoms with van der Waals surface area (Å²) in [4.78, 5) is 4.40. The van der Waals surface area contributed by atoms with Crippen LogP contribution in [0.25, 0.3) is 11.3 Å². The van der Waals surface area contributed by atoms with Gasteiger partial charge < -0.3 is 10.8 Å². The lowest BCUT2D eigenvalue weighted by atomic mass is 10.1. The van der Waals surface area contributed by atoms with Crippen molar-refractivity contribution in [1.82, 2.24) is 4.98 Å². The van der Waals surface area contributed by atoms with Crippen molar-refractivity contribution >= 4 is 17.4 Å². The van der Waals surface area contributed by atoms with Gasteiger partial charge in [0.25, 0.3) is 0 Å². The molecular formula is C12H12N2OS. The molecule has 0 saturated carbocycles. The molecule has 16 heavy (non-hydrogen) atoms. The molecule has 0 aliphatic carbocycles. The summed E-state index contributed by atoms with van der Waals surface area (Å²) in [6, 6.07) is 10.7. The Kier molecular flexibility index (Phi) is 3.01. The van der Waals surface area contributed by atoms with Crippen LogP contribution in [-0.2, 0) is 0 Å². The van der Waals surface area contributed by atoms with E-state index in [1.807, 2.05) is 24.5 Å². The number of nitrogens with two attached hydrogens (primary N) is 1. The van der Waals surface area contributed by atoms with Crippen LogP contribution in [0.4, 0.5) is 5.69 Å². The van der Waals surface area contributed by atoms with Crippen LogP contribution in [0.2, 0.25) is 0 Å². The fourth-order valence-electron chi connectivity index (χ4n) is 1.45. The number of nitrogens with zero attached hydrogens (tertiary/aromatic N) is 1. The first-order valence-electron chi connectivity index (χ1n) is 4.81. The smallest absolute Gasteiger partial charge is 0.124 e. The molecule has 1 aromatic carbocycles. The molecule has 0 atom stereocenters. The van der Waals surface area contributed by atoms with Gasteiger partial charge in [0.05, 0.1) is 11.4 Å². The minimum Gasteiger partial charge on any atom is -0.507 e. The van der Waals surface area contributed by atoms with E-state index in [0.717, 1.165) is 16.3 Å². The minimum absolute atomic E-state index is 0.229. The second-order valence-corrected chi connectivity index (χ2v) is 4.11. The number of anilines is 1. The summed E-state index contributed by atoms with van der Waals surface area (Å²) < 4.78 is 0. The Morgan fingerprint density at radius 2 is 1.94 bits per heavy atom. The van der Waals surface area contributed by atoms with Crippen molar-refractivity contribution in [3.05, 3.63) is 36.4 Å². The topological polar surface area (TPSA) is 59.1 Å². The van der Waals surface area contributed by atoms with Crippen molar-refractivity contribution < 1.29 is 5.11 Å². The first-order chi connectivity index (χ1) is 7.72. The standard InChI is InChI=1S/C12H12N2OS/c1-16-12-9(13)6-7-10(14-12)8-4-2-3-5-11(8)15/h2-7,15H,13H2,1H3. The lowest BCUT2D eigenvalue weighted by Crippen LogP contribution is -1.93. The first-order valence-corrected chi connectivity index (χ1v) is 6.03. The highest BCUT2D eigenvalue weighted by Gasteiger charge is 2.07. The first kappa shape index (κ1) is 10.8. The summed E-state index contributed by atoms with van der Waals surface area (Å²) in [5.41, 5.74) is 7.88. The van der Waals surface area contributed by atoms with Gasteiger partial charge in [-0.05, 0) is 30.5 Å². The van der Waals surface area contributed by atoms with Crippen LogP contribution in [0.5, 0.6) is 5.75 Å². The molecule has 3 N–H and O–H groups in total. The second-order valence-electron chi connectivity index (χ2n) is 3.31. The van der Waals surface area contributed by atoms with Gasteiger partial charge in [-0.15, -0.1) is 11.8 Å². The molecule has 1 heterocycles.